The minimum absolute atomic E-state index is 0.0801. The van der Waals surface area contributed by atoms with Crippen molar-refractivity contribution in [2.45, 2.75) is 57.5 Å². The number of aromatic nitrogens is 1. The summed E-state index contributed by atoms with van der Waals surface area (Å²) in [5.74, 6) is 0.0801. The maximum absolute atomic E-state index is 13.0. The van der Waals surface area contributed by atoms with Gasteiger partial charge >= 0.3 is 0 Å². The lowest BCUT2D eigenvalue weighted by atomic mass is 9.99. The molecule has 1 aromatic heterocycles. The Morgan fingerprint density at radius 1 is 1.04 bits per heavy atom. The molecule has 136 valence electrons. The maximum Gasteiger partial charge on any atom is 0.255 e. The summed E-state index contributed by atoms with van der Waals surface area (Å²) in [6.07, 6.45) is 12.1. The van der Waals surface area contributed by atoms with Gasteiger partial charge in [0.25, 0.3) is 5.91 Å². The predicted molar refractivity (Wildman–Crippen MR) is 104 cm³/mol. The minimum atomic E-state index is 0.0801. The first kappa shape index (κ1) is 17.1. The summed E-state index contributed by atoms with van der Waals surface area (Å²) in [6, 6.07) is 10.9. The zero-order valence-corrected chi connectivity index (χ0v) is 15.3. The average Bonchev–Trinajstić information content (AvgIpc) is 2.96. The molecule has 1 N–H and O–H groups in total. The number of hydrogen-bond acceptors (Lipinski definition) is 3. The molecular formula is C22H27N3O. The molecule has 0 saturated heterocycles. The van der Waals surface area contributed by atoms with Crippen LogP contribution in [0.1, 0.15) is 60.0 Å². The van der Waals surface area contributed by atoms with Gasteiger partial charge in [-0.2, -0.15) is 0 Å². The number of hydrogen-bond donors (Lipinski definition) is 1. The Labute approximate surface area is 155 Å². The van der Waals surface area contributed by atoms with Crippen LogP contribution in [0.4, 0.5) is 5.69 Å². The number of pyridine rings is 1. The maximum atomic E-state index is 13.0. The molecular weight excluding hydrogens is 322 g/mol. The first-order chi connectivity index (χ1) is 12.8. The number of nitrogens with zero attached hydrogens (tertiary/aromatic N) is 2. The van der Waals surface area contributed by atoms with Crippen LogP contribution in [0.3, 0.4) is 0 Å². The van der Waals surface area contributed by atoms with Gasteiger partial charge in [-0.05, 0) is 36.5 Å². The molecule has 4 nitrogen and oxygen atoms in total. The number of benzene rings is 1. The van der Waals surface area contributed by atoms with Gasteiger partial charge in [0.1, 0.15) is 0 Å². The van der Waals surface area contributed by atoms with Gasteiger partial charge < -0.3 is 10.2 Å². The van der Waals surface area contributed by atoms with Crippen molar-refractivity contribution in [1.29, 1.82) is 0 Å². The molecule has 0 unspecified atom stereocenters. The molecule has 26 heavy (non-hydrogen) atoms. The summed E-state index contributed by atoms with van der Waals surface area (Å²) >= 11 is 0. The van der Waals surface area contributed by atoms with Crippen LogP contribution in [-0.4, -0.2) is 28.4 Å². The van der Waals surface area contributed by atoms with Crippen LogP contribution < -0.4 is 5.32 Å². The Kier molecular flexibility index (Phi) is 5.19. The third-order valence-electron chi connectivity index (χ3n) is 5.63. The highest BCUT2D eigenvalue weighted by Gasteiger charge is 2.22. The van der Waals surface area contributed by atoms with E-state index < -0.39 is 0 Å². The third-order valence-corrected chi connectivity index (χ3v) is 5.63. The fourth-order valence-corrected chi connectivity index (χ4v) is 4.15. The molecule has 2 heterocycles. The Morgan fingerprint density at radius 3 is 2.62 bits per heavy atom. The van der Waals surface area contributed by atoms with E-state index in [-0.39, 0.29) is 5.91 Å². The van der Waals surface area contributed by atoms with Crippen LogP contribution >= 0.6 is 0 Å². The van der Waals surface area contributed by atoms with Crippen LogP contribution in [0.15, 0.2) is 42.7 Å². The highest BCUT2D eigenvalue weighted by atomic mass is 16.2. The van der Waals surface area contributed by atoms with Crippen LogP contribution in [-0.2, 0) is 13.0 Å². The molecule has 0 atom stereocenters. The Bertz CT molecular complexity index is 765. The van der Waals surface area contributed by atoms with Crippen molar-refractivity contribution in [2.75, 3.05) is 11.9 Å². The summed E-state index contributed by atoms with van der Waals surface area (Å²) in [5, 5.41) is 3.60. The highest BCUT2D eigenvalue weighted by Crippen LogP contribution is 2.23. The number of anilines is 1. The lowest BCUT2D eigenvalue weighted by molar-refractivity contribution is 0.0734. The van der Waals surface area contributed by atoms with E-state index in [4.69, 9.17) is 0 Å². The zero-order valence-electron chi connectivity index (χ0n) is 15.3. The van der Waals surface area contributed by atoms with Gasteiger partial charge in [0.15, 0.2) is 0 Å². The monoisotopic (exact) mass is 349 g/mol. The molecule has 0 spiro atoms. The molecule has 1 aliphatic heterocycles. The van der Waals surface area contributed by atoms with Gasteiger partial charge in [0, 0.05) is 31.5 Å². The van der Waals surface area contributed by atoms with E-state index >= 15 is 0 Å². The Morgan fingerprint density at radius 2 is 1.81 bits per heavy atom. The fraction of sp³-hybridized carbons (Fsp3) is 0.455. The molecule has 1 amide bonds. The molecule has 1 fully saturated rings. The fourth-order valence-electron chi connectivity index (χ4n) is 4.15. The highest BCUT2D eigenvalue weighted by molar-refractivity contribution is 5.94. The normalized spacial score (nSPS) is 18.1. The number of rotatable bonds is 3. The standard InChI is InChI=1S/C22H27N3O/c26-22(25-12-11-17-7-5-6-8-18(17)16-25)19-13-21(15-23-14-19)24-20-9-3-1-2-4-10-20/h5-8,13-15,20,24H,1-4,9-12,16H2. The van der Waals surface area contributed by atoms with E-state index in [1.165, 1.54) is 49.7 Å². The van der Waals surface area contributed by atoms with Gasteiger partial charge in [-0.15, -0.1) is 0 Å². The predicted octanol–water partition coefficient (Wildman–Crippen LogP) is 4.41. The van der Waals surface area contributed by atoms with Crippen LogP contribution in [0, 0.1) is 0 Å². The molecule has 1 aliphatic carbocycles. The third kappa shape index (κ3) is 3.90. The van der Waals surface area contributed by atoms with Crippen molar-refractivity contribution in [3.63, 3.8) is 0 Å². The number of nitrogens with one attached hydrogen (secondary N) is 1. The lowest BCUT2D eigenvalue weighted by Crippen LogP contribution is -2.36. The lowest BCUT2D eigenvalue weighted by Gasteiger charge is -2.29. The summed E-state index contributed by atoms with van der Waals surface area (Å²) in [7, 11) is 0. The molecule has 4 heteroatoms. The van der Waals surface area contributed by atoms with E-state index in [1.807, 2.05) is 23.2 Å². The molecule has 0 bridgehead atoms. The zero-order chi connectivity index (χ0) is 17.8. The SMILES string of the molecule is O=C(c1cncc(NC2CCCCCC2)c1)N1CCc2ccccc2C1. The topological polar surface area (TPSA) is 45.2 Å². The summed E-state index contributed by atoms with van der Waals surface area (Å²) in [5.41, 5.74) is 4.27. The molecule has 4 rings (SSSR count). The van der Waals surface area contributed by atoms with Gasteiger partial charge in [0.2, 0.25) is 0 Å². The summed E-state index contributed by atoms with van der Waals surface area (Å²) in [6.45, 7) is 1.46. The minimum Gasteiger partial charge on any atom is -0.381 e. The molecule has 2 aromatic rings. The van der Waals surface area contributed by atoms with Crippen molar-refractivity contribution in [2.24, 2.45) is 0 Å². The van der Waals surface area contributed by atoms with Crippen molar-refractivity contribution in [3.05, 3.63) is 59.4 Å². The van der Waals surface area contributed by atoms with Crippen molar-refractivity contribution < 1.29 is 4.79 Å². The molecule has 0 radical (unpaired) electrons. The number of amides is 1. The second-order valence-corrected chi connectivity index (χ2v) is 7.54. The first-order valence-corrected chi connectivity index (χ1v) is 9.87. The summed E-state index contributed by atoms with van der Waals surface area (Å²) < 4.78 is 0. The van der Waals surface area contributed by atoms with E-state index in [1.54, 1.807) is 6.20 Å². The second kappa shape index (κ2) is 7.90. The first-order valence-electron chi connectivity index (χ1n) is 9.87. The number of fused-ring (bicyclic) bond motifs is 1. The van der Waals surface area contributed by atoms with E-state index in [9.17, 15) is 4.79 Å². The number of carbonyl (C=O) groups is 1. The van der Waals surface area contributed by atoms with Crippen LogP contribution in [0.25, 0.3) is 0 Å². The van der Waals surface area contributed by atoms with Crippen molar-refractivity contribution >= 4 is 11.6 Å². The second-order valence-electron chi connectivity index (χ2n) is 7.54. The van der Waals surface area contributed by atoms with Crippen molar-refractivity contribution in [3.8, 4) is 0 Å². The van der Waals surface area contributed by atoms with Crippen molar-refractivity contribution in [1.82, 2.24) is 9.88 Å². The van der Waals surface area contributed by atoms with Gasteiger partial charge in [0.05, 0.1) is 11.3 Å². The van der Waals surface area contributed by atoms with Crippen LogP contribution in [0.5, 0.6) is 0 Å². The number of carbonyl (C=O) groups excluding carboxylic acids is 1. The van der Waals surface area contributed by atoms with Gasteiger partial charge in [-0.3, -0.25) is 9.78 Å². The van der Waals surface area contributed by atoms with Gasteiger partial charge in [-0.1, -0.05) is 49.9 Å². The average molecular weight is 349 g/mol. The summed E-state index contributed by atoms with van der Waals surface area (Å²) in [4.78, 5) is 19.2. The largest absolute Gasteiger partial charge is 0.381 e. The van der Waals surface area contributed by atoms with E-state index in [0.29, 0.717) is 18.2 Å². The van der Waals surface area contributed by atoms with E-state index in [0.717, 1.165) is 18.7 Å². The smallest absolute Gasteiger partial charge is 0.255 e. The molecule has 1 saturated carbocycles. The van der Waals surface area contributed by atoms with Crippen LogP contribution in [0.2, 0.25) is 0 Å². The van der Waals surface area contributed by atoms with E-state index in [2.05, 4.69) is 28.5 Å². The molecule has 1 aromatic carbocycles. The molecule has 2 aliphatic rings. The Hall–Kier alpha value is -2.36. The van der Waals surface area contributed by atoms with Gasteiger partial charge in [-0.25, -0.2) is 0 Å². The quantitative estimate of drug-likeness (QED) is 0.835. The Balaban J connectivity index is 1.45.